The van der Waals surface area contributed by atoms with Crippen molar-refractivity contribution >= 4 is 23.4 Å². The van der Waals surface area contributed by atoms with Crippen LogP contribution < -0.4 is 9.64 Å². The second kappa shape index (κ2) is 7.64. The highest BCUT2D eigenvalue weighted by Gasteiger charge is 2.33. The smallest absolute Gasteiger partial charge is 0.417 e. The third-order valence-corrected chi connectivity index (χ3v) is 4.47. The number of esters is 1. The molecule has 3 rings (SSSR count). The minimum Gasteiger partial charge on any atom is -0.497 e. The van der Waals surface area contributed by atoms with Gasteiger partial charge in [-0.3, -0.25) is 0 Å². The van der Waals surface area contributed by atoms with Gasteiger partial charge in [-0.05, 0) is 30.3 Å². The highest BCUT2D eigenvalue weighted by atomic mass is 35.5. The lowest BCUT2D eigenvalue weighted by molar-refractivity contribution is -0.137. The van der Waals surface area contributed by atoms with Gasteiger partial charge in [0.15, 0.2) is 0 Å². The Labute approximate surface area is 158 Å². The third-order valence-electron chi connectivity index (χ3n) is 4.19. The molecule has 0 spiro atoms. The molecule has 0 bridgehead atoms. The van der Waals surface area contributed by atoms with Crippen LogP contribution in [0.3, 0.4) is 0 Å². The van der Waals surface area contributed by atoms with Crippen LogP contribution in [0.5, 0.6) is 5.75 Å². The second-order valence-electron chi connectivity index (χ2n) is 6.02. The summed E-state index contributed by atoms with van der Waals surface area (Å²) in [6.07, 6.45) is -3.63. The van der Waals surface area contributed by atoms with Crippen LogP contribution in [0.1, 0.15) is 22.3 Å². The third kappa shape index (κ3) is 4.44. The van der Waals surface area contributed by atoms with E-state index in [0.29, 0.717) is 30.8 Å². The zero-order valence-corrected chi connectivity index (χ0v) is 15.0. The average Bonchev–Trinajstić information content (AvgIpc) is 3.09. The van der Waals surface area contributed by atoms with Gasteiger partial charge in [0.25, 0.3) is 0 Å². The highest BCUT2D eigenvalue weighted by molar-refractivity contribution is 6.33. The van der Waals surface area contributed by atoms with Crippen LogP contribution in [0.25, 0.3) is 0 Å². The van der Waals surface area contributed by atoms with Crippen molar-refractivity contribution in [3.8, 4) is 5.75 Å². The number of pyridine rings is 1. The zero-order valence-electron chi connectivity index (χ0n) is 14.3. The Morgan fingerprint density at radius 1 is 1.30 bits per heavy atom. The Balaban J connectivity index is 1.63. The summed E-state index contributed by atoms with van der Waals surface area (Å²) in [4.78, 5) is 17.8. The molecular formula is C18H16ClF3N2O3. The minimum atomic E-state index is -4.50. The van der Waals surface area contributed by atoms with Gasteiger partial charge >= 0.3 is 12.1 Å². The Hall–Kier alpha value is -2.48. The number of aromatic nitrogens is 1. The quantitative estimate of drug-likeness (QED) is 0.720. The van der Waals surface area contributed by atoms with Gasteiger partial charge in [-0.25, -0.2) is 9.78 Å². The van der Waals surface area contributed by atoms with Crippen LogP contribution in [0, 0.1) is 0 Å². The van der Waals surface area contributed by atoms with Crippen LogP contribution in [-0.2, 0) is 10.9 Å². The molecule has 9 heteroatoms. The summed E-state index contributed by atoms with van der Waals surface area (Å²) >= 11 is 5.97. The van der Waals surface area contributed by atoms with Crippen molar-refractivity contribution in [1.29, 1.82) is 0 Å². The van der Waals surface area contributed by atoms with Gasteiger partial charge in [-0.1, -0.05) is 11.6 Å². The van der Waals surface area contributed by atoms with Gasteiger partial charge in [-0.2, -0.15) is 13.2 Å². The Kier molecular flexibility index (Phi) is 5.46. The molecule has 144 valence electrons. The van der Waals surface area contributed by atoms with Gasteiger partial charge in [0.05, 0.1) is 29.8 Å². The van der Waals surface area contributed by atoms with Crippen molar-refractivity contribution in [2.24, 2.45) is 0 Å². The fraction of sp³-hybridized carbons (Fsp3) is 0.333. The summed E-state index contributed by atoms with van der Waals surface area (Å²) in [5.41, 5.74) is -0.516. The van der Waals surface area contributed by atoms with E-state index in [-0.39, 0.29) is 10.8 Å². The summed E-state index contributed by atoms with van der Waals surface area (Å²) in [5.74, 6) is 0.394. The topological polar surface area (TPSA) is 51.7 Å². The van der Waals surface area contributed by atoms with E-state index in [2.05, 4.69) is 4.98 Å². The number of alkyl halides is 3. The molecule has 1 saturated heterocycles. The molecule has 1 atom stereocenters. The maximum atomic E-state index is 12.7. The molecule has 2 heterocycles. The van der Waals surface area contributed by atoms with Crippen LogP contribution in [0.4, 0.5) is 19.0 Å². The summed E-state index contributed by atoms with van der Waals surface area (Å²) in [5, 5.41) is -0.0908. The van der Waals surface area contributed by atoms with Crippen LogP contribution in [-0.4, -0.2) is 37.3 Å². The van der Waals surface area contributed by atoms with Gasteiger partial charge < -0.3 is 14.4 Å². The van der Waals surface area contributed by atoms with Crippen molar-refractivity contribution in [3.63, 3.8) is 0 Å². The van der Waals surface area contributed by atoms with Crippen molar-refractivity contribution < 1.29 is 27.4 Å². The number of methoxy groups -OCH3 is 1. The molecular weight excluding hydrogens is 385 g/mol. The minimum absolute atomic E-state index is 0.0908. The number of carbonyl (C=O) groups excluding carboxylic acids is 1. The molecule has 0 saturated carbocycles. The van der Waals surface area contributed by atoms with E-state index in [4.69, 9.17) is 21.1 Å². The van der Waals surface area contributed by atoms with Crippen molar-refractivity contribution in [3.05, 3.63) is 52.7 Å². The molecule has 1 aliphatic rings. The number of rotatable bonds is 4. The molecule has 0 unspecified atom stereocenters. The Morgan fingerprint density at radius 2 is 2.00 bits per heavy atom. The summed E-state index contributed by atoms with van der Waals surface area (Å²) < 4.78 is 48.6. The first-order valence-corrected chi connectivity index (χ1v) is 8.48. The van der Waals surface area contributed by atoms with E-state index >= 15 is 0 Å². The molecule has 2 aromatic rings. The fourth-order valence-corrected chi connectivity index (χ4v) is 3.07. The number of halogens is 4. The molecule has 1 aromatic heterocycles. The number of anilines is 1. The SMILES string of the molecule is COc1ccc(C(=O)O[C@@H]2CCN(c3ncc(C(F)(F)F)cc3Cl)C2)cc1. The first-order chi connectivity index (χ1) is 12.8. The lowest BCUT2D eigenvalue weighted by Crippen LogP contribution is -2.26. The highest BCUT2D eigenvalue weighted by Crippen LogP contribution is 2.34. The van der Waals surface area contributed by atoms with Gasteiger partial charge in [0.2, 0.25) is 0 Å². The van der Waals surface area contributed by atoms with E-state index in [1.165, 1.54) is 7.11 Å². The van der Waals surface area contributed by atoms with E-state index in [0.717, 1.165) is 12.3 Å². The maximum Gasteiger partial charge on any atom is 0.417 e. The lowest BCUT2D eigenvalue weighted by Gasteiger charge is -2.19. The Bertz CT molecular complexity index is 828. The average molecular weight is 401 g/mol. The summed E-state index contributed by atoms with van der Waals surface area (Å²) in [7, 11) is 1.53. The molecule has 5 nitrogen and oxygen atoms in total. The van der Waals surface area contributed by atoms with Crippen molar-refractivity contribution in [1.82, 2.24) is 4.98 Å². The number of hydrogen-bond donors (Lipinski definition) is 0. The monoisotopic (exact) mass is 400 g/mol. The number of hydrogen-bond acceptors (Lipinski definition) is 5. The number of ether oxygens (including phenoxy) is 2. The largest absolute Gasteiger partial charge is 0.497 e. The standard InChI is InChI=1S/C18H16ClF3N2O3/c1-26-13-4-2-11(3-5-13)17(25)27-14-6-7-24(10-14)16-15(19)8-12(9-23-16)18(20,21)22/h2-5,8-9,14H,6-7,10H2,1H3/t14-/m1/s1. The van der Waals surface area contributed by atoms with Crippen LogP contribution >= 0.6 is 11.6 Å². The number of nitrogens with zero attached hydrogens (tertiary/aromatic N) is 2. The van der Waals surface area contributed by atoms with E-state index in [1.807, 2.05) is 0 Å². The first-order valence-electron chi connectivity index (χ1n) is 8.10. The van der Waals surface area contributed by atoms with E-state index in [9.17, 15) is 18.0 Å². The van der Waals surface area contributed by atoms with Gasteiger partial charge in [-0.15, -0.1) is 0 Å². The fourth-order valence-electron chi connectivity index (χ4n) is 2.78. The molecule has 1 fully saturated rings. The van der Waals surface area contributed by atoms with E-state index in [1.54, 1.807) is 29.2 Å². The molecule has 27 heavy (non-hydrogen) atoms. The molecule has 0 amide bonds. The zero-order chi connectivity index (χ0) is 19.6. The number of carbonyl (C=O) groups is 1. The predicted octanol–water partition coefficient (Wildman–Crippen LogP) is 4.20. The van der Waals surface area contributed by atoms with Gasteiger partial charge in [0, 0.05) is 19.2 Å². The number of benzene rings is 1. The summed E-state index contributed by atoms with van der Waals surface area (Å²) in [6.45, 7) is 0.776. The molecule has 1 aromatic carbocycles. The normalized spacial score (nSPS) is 17.1. The Morgan fingerprint density at radius 3 is 2.59 bits per heavy atom. The van der Waals surface area contributed by atoms with Crippen molar-refractivity contribution in [2.45, 2.75) is 18.7 Å². The summed E-state index contributed by atoms with van der Waals surface area (Å²) in [6, 6.07) is 7.36. The lowest BCUT2D eigenvalue weighted by atomic mass is 10.2. The second-order valence-corrected chi connectivity index (χ2v) is 6.42. The maximum absolute atomic E-state index is 12.7. The molecule has 0 aliphatic carbocycles. The van der Waals surface area contributed by atoms with Crippen LogP contribution in [0.2, 0.25) is 5.02 Å². The molecule has 0 N–H and O–H groups in total. The van der Waals surface area contributed by atoms with Gasteiger partial charge in [0.1, 0.15) is 17.7 Å². The first kappa shape index (κ1) is 19.3. The molecule has 1 aliphatic heterocycles. The molecule has 0 radical (unpaired) electrons. The van der Waals surface area contributed by atoms with Crippen molar-refractivity contribution in [2.75, 3.05) is 25.1 Å². The predicted molar refractivity (Wildman–Crippen MR) is 93.3 cm³/mol. The van der Waals surface area contributed by atoms with E-state index < -0.39 is 23.8 Å². The van der Waals surface area contributed by atoms with Crippen LogP contribution in [0.15, 0.2) is 36.5 Å².